The fourth-order valence-electron chi connectivity index (χ4n) is 2.07. The fourth-order valence-corrected chi connectivity index (χ4v) is 3.27. The van der Waals surface area contributed by atoms with E-state index in [0.717, 1.165) is 11.3 Å². The number of thiophene rings is 1. The Labute approximate surface area is 146 Å². The van der Waals surface area contributed by atoms with E-state index in [4.69, 9.17) is 22.1 Å². The molecule has 0 aliphatic carbocycles. The average molecular weight is 371 g/mol. The first-order valence-electron chi connectivity index (χ1n) is 6.75. The number of primary amides is 1. The van der Waals surface area contributed by atoms with Crippen LogP contribution in [-0.4, -0.2) is 34.7 Å². The van der Waals surface area contributed by atoms with Crippen molar-refractivity contribution >= 4 is 45.7 Å². The van der Waals surface area contributed by atoms with Gasteiger partial charge >= 0.3 is 5.97 Å². The summed E-state index contributed by atoms with van der Waals surface area (Å²) >= 11 is 6.82. The molecule has 0 aliphatic heterocycles. The van der Waals surface area contributed by atoms with Crippen molar-refractivity contribution in [3.05, 3.63) is 32.9 Å². The SMILES string of the molecule is COC(=O)c1c(NC(=O)Cn2ncc(Cl)c2C)sc(C(N)=O)c1C. The van der Waals surface area contributed by atoms with Gasteiger partial charge in [0, 0.05) is 0 Å². The molecule has 0 fully saturated rings. The number of aromatic nitrogens is 2. The molecule has 2 heterocycles. The maximum atomic E-state index is 12.2. The van der Waals surface area contributed by atoms with Crippen molar-refractivity contribution in [3.8, 4) is 0 Å². The molecule has 0 saturated carbocycles. The summed E-state index contributed by atoms with van der Waals surface area (Å²) in [4.78, 5) is 35.8. The van der Waals surface area contributed by atoms with Crippen molar-refractivity contribution < 1.29 is 19.1 Å². The maximum Gasteiger partial charge on any atom is 0.341 e. The summed E-state index contributed by atoms with van der Waals surface area (Å²) in [5.41, 5.74) is 6.41. The summed E-state index contributed by atoms with van der Waals surface area (Å²) in [5.74, 6) is -1.77. The van der Waals surface area contributed by atoms with Crippen molar-refractivity contribution in [1.82, 2.24) is 9.78 Å². The molecule has 0 unspecified atom stereocenters. The van der Waals surface area contributed by atoms with Crippen LogP contribution in [-0.2, 0) is 16.1 Å². The van der Waals surface area contributed by atoms with E-state index in [1.807, 2.05) is 0 Å². The predicted molar refractivity (Wildman–Crippen MR) is 89.5 cm³/mol. The molecule has 2 amide bonds. The number of hydrogen-bond donors (Lipinski definition) is 2. The second-order valence-corrected chi connectivity index (χ2v) is 6.33. The number of nitrogens with two attached hydrogens (primary N) is 1. The van der Waals surface area contributed by atoms with E-state index in [-0.39, 0.29) is 22.0 Å². The lowest BCUT2D eigenvalue weighted by molar-refractivity contribution is -0.116. The first-order chi connectivity index (χ1) is 11.3. The molecule has 128 valence electrons. The minimum atomic E-state index is -0.683. The van der Waals surface area contributed by atoms with Crippen molar-refractivity contribution in [2.45, 2.75) is 20.4 Å². The standard InChI is InChI=1S/C14H15ClN4O4S/c1-6-10(14(22)23-3)13(24-11(6)12(16)21)18-9(20)5-19-7(2)8(15)4-17-19/h4H,5H2,1-3H3,(H2,16,21)(H,18,20). The molecule has 24 heavy (non-hydrogen) atoms. The van der Waals surface area contributed by atoms with Gasteiger partial charge in [-0.3, -0.25) is 14.3 Å². The van der Waals surface area contributed by atoms with Gasteiger partial charge in [0.1, 0.15) is 11.5 Å². The Morgan fingerprint density at radius 2 is 2.08 bits per heavy atom. The van der Waals surface area contributed by atoms with E-state index in [1.54, 1.807) is 13.8 Å². The number of amides is 2. The minimum Gasteiger partial charge on any atom is -0.465 e. The number of ether oxygens (including phenoxy) is 1. The molecule has 10 heteroatoms. The van der Waals surface area contributed by atoms with E-state index < -0.39 is 17.8 Å². The monoisotopic (exact) mass is 370 g/mol. The molecule has 0 aliphatic rings. The summed E-state index contributed by atoms with van der Waals surface area (Å²) in [7, 11) is 1.21. The Morgan fingerprint density at radius 1 is 1.42 bits per heavy atom. The molecule has 0 radical (unpaired) electrons. The van der Waals surface area contributed by atoms with Crippen LogP contribution in [0.15, 0.2) is 6.20 Å². The van der Waals surface area contributed by atoms with Crippen LogP contribution in [0.2, 0.25) is 5.02 Å². The van der Waals surface area contributed by atoms with Gasteiger partial charge in [-0.05, 0) is 19.4 Å². The smallest absolute Gasteiger partial charge is 0.341 e. The highest BCUT2D eigenvalue weighted by molar-refractivity contribution is 7.18. The first kappa shape index (κ1) is 18.0. The summed E-state index contributed by atoms with van der Waals surface area (Å²) in [6, 6.07) is 0. The fraction of sp³-hybridized carbons (Fsp3) is 0.286. The first-order valence-corrected chi connectivity index (χ1v) is 7.95. The van der Waals surface area contributed by atoms with Crippen LogP contribution in [0.4, 0.5) is 5.00 Å². The average Bonchev–Trinajstić information content (AvgIpc) is 3.01. The lowest BCUT2D eigenvalue weighted by Crippen LogP contribution is -2.21. The molecule has 0 bridgehead atoms. The third-order valence-corrected chi connectivity index (χ3v) is 4.94. The molecule has 8 nitrogen and oxygen atoms in total. The zero-order valence-corrected chi connectivity index (χ0v) is 14.7. The highest BCUT2D eigenvalue weighted by atomic mass is 35.5. The number of carbonyl (C=O) groups excluding carboxylic acids is 3. The topological polar surface area (TPSA) is 116 Å². The molecular formula is C14H15ClN4O4S. The van der Waals surface area contributed by atoms with Gasteiger partial charge in [0.25, 0.3) is 5.91 Å². The lowest BCUT2D eigenvalue weighted by Gasteiger charge is -2.07. The molecule has 2 aromatic rings. The highest BCUT2D eigenvalue weighted by Gasteiger charge is 2.25. The van der Waals surface area contributed by atoms with Crippen LogP contribution in [0, 0.1) is 13.8 Å². The van der Waals surface area contributed by atoms with Gasteiger partial charge in [0.05, 0.1) is 34.5 Å². The van der Waals surface area contributed by atoms with E-state index in [1.165, 1.54) is 18.0 Å². The highest BCUT2D eigenvalue weighted by Crippen LogP contribution is 2.33. The van der Waals surface area contributed by atoms with Crippen LogP contribution in [0.5, 0.6) is 0 Å². The lowest BCUT2D eigenvalue weighted by atomic mass is 10.1. The largest absolute Gasteiger partial charge is 0.465 e. The van der Waals surface area contributed by atoms with E-state index in [0.29, 0.717) is 16.3 Å². The van der Waals surface area contributed by atoms with E-state index in [2.05, 4.69) is 10.4 Å². The molecular weight excluding hydrogens is 356 g/mol. The van der Waals surface area contributed by atoms with E-state index in [9.17, 15) is 14.4 Å². The Balaban J connectivity index is 2.29. The van der Waals surface area contributed by atoms with Gasteiger partial charge in [-0.15, -0.1) is 11.3 Å². The second kappa shape index (κ2) is 7.02. The van der Waals surface area contributed by atoms with Gasteiger partial charge in [0.15, 0.2) is 0 Å². The zero-order chi connectivity index (χ0) is 18.0. The van der Waals surface area contributed by atoms with Crippen molar-refractivity contribution in [1.29, 1.82) is 0 Å². The Morgan fingerprint density at radius 3 is 2.58 bits per heavy atom. The van der Waals surface area contributed by atoms with Gasteiger partial charge < -0.3 is 15.8 Å². The normalized spacial score (nSPS) is 10.5. The van der Waals surface area contributed by atoms with Crippen molar-refractivity contribution in [2.75, 3.05) is 12.4 Å². The number of hydrogen-bond acceptors (Lipinski definition) is 6. The molecule has 3 N–H and O–H groups in total. The third-order valence-electron chi connectivity index (χ3n) is 3.35. The van der Waals surface area contributed by atoms with Gasteiger partial charge in [0.2, 0.25) is 5.91 Å². The van der Waals surface area contributed by atoms with Gasteiger partial charge in [-0.1, -0.05) is 11.6 Å². The summed E-state index contributed by atoms with van der Waals surface area (Å²) in [5, 5.41) is 7.23. The number of nitrogens with one attached hydrogen (secondary N) is 1. The minimum absolute atomic E-state index is 0.0952. The Kier molecular flexibility index (Phi) is 5.25. The van der Waals surface area contributed by atoms with Crippen LogP contribution < -0.4 is 11.1 Å². The molecule has 0 aromatic carbocycles. The number of anilines is 1. The quantitative estimate of drug-likeness (QED) is 0.777. The Bertz CT molecular complexity index is 827. The number of rotatable bonds is 5. The Hall–Kier alpha value is -2.39. The van der Waals surface area contributed by atoms with Crippen LogP contribution in [0.3, 0.4) is 0 Å². The maximum absolute atomic E-state index is 12.2. The predicted octanol–water partition coefficient (Wildman–Crippen LogP) is 1.74. The van der Waals surface area contributed by atoms with Crippen LogP contribution in [0.1, 0.15) is 31.3 Å². The van der Waals surface area contributed by atoms with E-state index >= 15 is 0 Å². The zero-order valence-electron chi connectivity index (χ0n) is 13.2. The molecule has 2 aromatic heterocycles. The summed E-state index contributed by atoms with van der Waals surface area (Å²) < 4.78 is 6.12. The molecule has 2 rings (SSSR count). The van der Waals surface area contributed by atoms with Crippen molar-refractivity contribution in [2.24, 2.45) is 5.73 Å². The molecule has 0 spiro atoms. The number of nitrogens with zero attached hydrogens (tertiary/aromatic N) is 2. The third kappa shape index (κ3) is 3.41. The number of esters is 1. The molecule has 0 saturated heterocycles. The van der Waals surface area contributed by atoms with Crippen molar-refractivity contribution in [3.63, 3.8) is 0 Å². The van der Waals surface area contributed by atoms with Crippen LogP contribution >= 0.6 is 22.9 Å². The summed E-state index contributed by atoms with van der Waals surface area (Å²) in [6.07, 6.45) is 1.44. The second-order valence-electron chi connectivity index (χ2n) is 4.90. The van der Waals surface area contributed by atoms with Crippen LogP contribution in [0.25, 0.3) is 0 Å². The number of methoxy groups -OCH3 is 1. The molecule has 0 atom stereocenters. The number of halogens is 1. The number of carbonyl (C=O) groups is 3. The van der Waals surface area contributed by atoms with Gasteiger partial charge in [-0.2, -0.15) is 5.10 Å². The van der Waals surface area contributed by atoms with Gasteiger partial charge in [-0.25, -0.2) is 4.79 Å². The summed E-state index contributed by atoms with van der Waals surface area (Å²) in [6.45, 7) is 3.20.